The first kappa shape index (κ1) is 16.2. The van der Waals surface area contributed by atoms with E-state index in [1.54, 1.807) is 19.1 Å². The first-order valence-corrected chi connectivity index (χ1v) is 8.51. The van der Waals surface area contributed by atoms with Crippen LogP contribution in [0.25, 0.3) is 0 Å². The van der Waals surface area contributed by atoms with Gasteiger partial charge in [-0.1, -0.05) is 29.4 Å². The number of sulfone groups is 1. The van der Waals surface area contributed by atoms with E-state index in [9.17, 15) is 13.2 Å². The van der Waals surface area contributed by atoms with Crippen LogP contribution in [0.3, 0.4) is 0 Å². The van der Waals surface area contributed by atoms with Crippen LogP contribution >= 0.6 is 0 Å². The molecular weight excluding hydrogens is 304 g/mol. The molecule has 0 saturated heterocycles. The third kappa shape index (κ3) is 3.73. The number of nitrogens with zero attached hydrogens (tertiary/aromatic N) is 1. The number of carbonyl (C=O) groups is 1. The Labute approximate surface area is 129 Å². The first-order chi connectivity index (χ1) is 10.3. The zero-order valence-corrected chi connectivity index (χ0v) is 13.5. The summed E-state index contributed by atoms with van der Waals surface area (Å²) in [6, 6.07) is 8.74. The highest BCUT2D eigenvalue weighted by molar-refractivity contribution is 7.92. The van der Waals surface area contributed by atoms with Crippen molar-refractivity contribution in [3.05, 3.63) is 47.2 Å². The molecule has 1 heterocycles. The van der Waals surface area contributed by atoms with E-state index in [0.717, 1.165) is 5.56 Å². The van der Waals surface area contributed by atoms with Crippen molar-refractivity contribution in [2.75, 3.05) is 5.32 Å². The van der Waals surface area contributed by atoms with Crippen LogP contribution in [0.5, 0.6) is 0 Å². The van der Waals surface area contributed by atoms with E-state index in [1.807, 2.05) is 19.1 Å². The van der Waals surface area contributed by atoms with E-state index in [2.05, 4.69) is 10.5 Å². The fourth-order valence-corrected chi connectivity index (χ4v) is 3.32. The van der Waals surface area contributed by atoms with E-state index < -0.39 is 21.0 Å². The number of anilines is 1. The van der Waals surface area contributed by atoms with Crippen molar-refractivity contribution < 1.29 is 17.7 Å². The molecule has 22 heavy (non-hydrogen) atoms. The fourth-order valence-electron chi connectivity index (χ4n) is 1.93. The highest BCUT2D eigenvalue weighted by Crippen LogP contribution is 2.16. The summed E-state index contributed by atoms with van der Waals surface area (Å²) in [5.74, 6) is -0.0559. The average molecular weight is 322 g/mol. The van der Waals surface area contributed by atoms with Gasteiger partial charge in [0.05, 0.1) is 5.75 Å². The van der Waals surface area contributed by atoms with Gasteiger partial charge in [0.2, 0.25) is 5.91 Å². The van der Waals surface area contributed by atoms with Crippen molar-refractivity contribution in [1.82, 2.24) is 5.16 Å². The van der Waals surface area contributed by atoms with E-state index in [-0.39, 0.29) is 11.6 Å². The minimum Gasteiger partial charge on any atom is -0.360 e. The van der Waals surface area contributed by atoms with Crippen LogP contribution in [0.15, 0.2) is 34.9 Å². The fraction of sp³-hybridized carbons (Fsp3) is 0.333. The zero-order chi connectivity index (χ0) is 16.3. The molecule has 0 radical (unpaired) electrons. The third-order valence-electron chi connectivity index (χ3n) is 3.41. The molecule has 0 fully saturated rings. The number of nitrogens with one attached hydrogen (secondary N) is 1. The summed E-state index contributed by atoms with van der Waals surface area (Å²) in [6.45, 7) is 4.89. The van der Waals surface area contributed by atoms with E-state index in [1.165, 1.54) is 13.0 Å². The lowest BCUT2D eigenvalue weighted by atomic mass is 10.1. The van der Waals surface area contributed by atoms with Crippen LogP contribution in [0, 0.1) is 13.8 Å². The summed E-state index contributed by atoms with van der Waals surface area (Å²) in [4.78, 5) is 12.1. The van der Waals surface area contributed by atoms with Crippen LogP contribution in [-0.4, -0.2) is 24.7 Å². The van der Waals surface area contributed by atoms with Crippen molar-refractivity contribution in [2.24, 2.45) is 0 Å². The molecule has 1 aromatic carbocycles. The Bertz CT molecular complexity index is 780. The molecule has 6 nitrogen and oxygen atoms in total. The van der Waals surface area contributed by atoms with Gasteiger partial charge in [-0.3, -0.25) is 4.79 Å². The Morgan fingerprint density at radius 3 is 2.59 bits per heavy atom. The van der Waals surface area contributed by atoms with Gasteiger partial charge in [0.25, 0.3) is 0 Å². The normalized spacial score (nSPS) is 12.9. The van der Waals surface area contributed by atoms with Crippen molar-refractivity contribution in [3.8, 4) is 0 Å². The molecule has 7 heteroatoms. The number of benzene rings is 1. The molecule has 118 valence electrons. The monoisotopic (exact) mass is 322 g/mol. The van der Waals surface area contributed by atoms with Gasteiger partial charge in [0, 0.05) is 6.07 Å². The van der Waals surface area contributed by atoms with E-state index in [0.29, 0.717) is 11.3 Å². The van der Waals surface area contributed by atoms with E-state index in [4.69, 9.17) is 4.52 Å². The summed E-state index contributed by atoms with van der Waals surface area (Å²) in [6.07, 6.45) is 0. The molecule has 0 saturated carbocycles. The Morgan fingerprint density at radius 1 is 1.32 bits per heavy atom. The highest BCUT2D eigenvalue weighted by atomic mass is 32.2. The SMILES string of the molecule is Cc1cc(NC(=O)C(C)S(=O)(=O)Cc2ccccc2C)no1. The molecule has 1 aromatic heterocycles. The molecule has 1 amide bonds. The lowest BCUT2D eigenvalue weighted by molar-refractivity contribution is -0.115. The van der Waals surface area contributed by atoms with Gasteiger partial charge in [-0.2, -0.15) is 0 Å². The lowest BCUT2D eigenvalue weighted by Gasteiger charge is -2.13. The average Bonchev–Trinajstić information content (AvgIpc) is 2.85. The van der Waals surface area contributed by atoms with E-state index >= 15 is 0 Å². The summed E-state index contributed by atoms with van der Waals surface area (Å²) < 4.78 is 29.6. The lowest BCUT2D eigenvalue weighted by Crippen LogP contribution is -2.33. The van der Waals surface area contributed by atoms with Crippen molar-refractivity contribution in [1.29, 1.82) is 0 Å². The number of hydrogen-bond acceptors (Lipinski definition) is 5. The Hall–Kier alpha value is -2.15. The number of amides is 1. The van der Waals surface area contributed by atoms with Crippen LogP contribution in [0.2, 0.25) is 0 Å². The molecule has 0 aliphatic rings. The van der Waals surface area contributed by atoms with Crippen molar-refractivity contribution in [2.45, 2.75) is 31.8 Å². The summed E-state index contributed by atoms with van der Waals surface area (Å²) in [5.41, 5.74) is 1.57. The Morgan fingerprint density at radius 2 is 2.00 bits per heavy atom. The summed E-state index contributed by atoms with van der Waals surface area (Å²) in [7, 11) is -3.62. The second-order valence-electron chi connectivity index (χ2n) is 5.19. The summed E-state index contributed by atoms with van der Waals surface area (Å²) >= 11 is 0. The third-order valence-corrected chi connectivity index (χ3v) is 5.41. The van der Waals surface area contributed by atoms with Crippen molar-refractivity contribution >= 4 is 21.6 Å². The maximum atomic E-state index is 12.4. The second-order valence-corrected chi connectivity index (χ2v) is 7.51. The van der Waals surface area contributed by atoms with Crippen LogP contribution in [0.4, 0.5) is 5.82 Å². The van der Waals surface area contributed by atoms with Gasteiger partial charge in [-0.05, 0) is 31.9 Å². The maximum Gasteiger partial charge on any atom is 0.243 e. The maximum absolute atomic E-state index is 12.4. The first-order valence-electron chi connectivity index (χ1n) is 6.80. The second kappa shape index (κ2) is 6.31. The quantitative estimate of drug-likeness (QED) is 0.912. The zero-order valence-electron chi connectivity index (χ0n) is 12.7. The number of rotatable bonds is 5. The van der Waals surface area contributed by atoms with Gasteiger partial charge in [-0.25, -0.2) is 8.42 Å². The standard InChI is InChI=1S/C15H18N2O4S/c1-10-6-4-5-7-13(10)9-22(19,20)12(3)15(18)16-14-8-11(2)21-17-14/h4-8,12H,9H2,1-3H3,(H,16,17,18). The number of aromatic nitrogens is 1. The molecule has 2 rings (SSSR count). The predicted molar refractivity (Wildman–Crippen MR) is 83.1 cm³/mol. The number of hydrogen-bond donors (Lipinski definition) is 1. The molecule has 1 unspecified atom stereocenters. The smallest absolute Gasteiger partial charge is 0.243 e. The van der Waals surface area contributed by atoms with Crippen LogP contribution in [-0.2, 0) is 20.4 Å². The number of aryl methyl sites for hydroxylation is 2. The molecule has 0 bridgehead atoms. The molecule has 0 aliphatic carbocycles. The van der Waals surface area contributed by atoms with Gasteiger partial charge in [0.15, 0.2) is 15.7 Å². The van der Waals surface area contributed by atoms with Gasteiger partial charge >= 0.3 is 0 Å². The molecule has 0 spiro atoms. The summed E-state index contributed by atoms with van der Waals surface area (Å²) in [5, 5.41) is 4.89. The molecule has 1 atom stereocenters. The Balaban J connectivity index is 2.11. The van der Waals surface area contributed by atoms with Gasteiger partial charge < -0.3 is 9.84 Å². The molecule has 0 aliphatic heterocycles. The minimum atomic E-state index is -3.62. The highest BCUT2D eigenvalue weighted by Gasteiger charge is 2.29. The van der Waals surface area contributed by atoms with Gasteiger partial charge in [0.1, 0.15) is 11.0 Å². The van der Waals surface area contributed by atoms with Crippen LogP contribution < -0.4 is 5.32 Å². The Kier molecular flexibility index (Phi) is 4.65. The molecule has 2 aromatic rings. The molecule has 1 N–H and O–H groups in total. The van der Waals surface area contributed by atoms with Crippen molar-refractivity contribution in [3.63, 3.8) is 0 Å². The molecular formula is C15H18N2O4S. The van der Waals surface area contributed by atoms with Crippen LogP contribution in [0.1, 0.15) is 23.8 Å². The largest absolute Gasteiger partial charge is 0.360 e. The predicted octanol–water partition coefficient (Wildman–Crippen LogP) is 2.23. The number of carbonyl (C=O) groups excluding carboxylic acids is 1. The topological polar surface area (TPSA) is 89.3 Å². The van der Waals surface area contributed by atoms with Gasteiger partial charge in [-0.15, -0.1) is 0 Å². The minimum absolute atomic E-state index is 0.175.